The molecule has 0 amide bonds. The molecule has 4 aliphatic carbocycles. The molecule has 0 fully saturated rings. The third-order valence-electron chi connectivity index (χ3n) is 33.1. The molecular formula is C138H150Br2O2S4. The van der Waals surface area contributed by atoms with Crippen LogP contribution in [-0.4, -0.2) is 12.6 Å². The van der Waals surface area contributed by atoms with Crippen molar-refractivity contribution >= 4 is 109 Å². The summed E-state index contributed by atoms with van der Waals surface area (Å²) in [4.78, 5) is 31.2. The predicted octanol–water partition coefficient (Wildman–Crippen LogP) is 41.5. The van der Waals surface area contributed by atoms with Gasteiger partial charge in [-0.15, -0.1) is 45.3 Å². The number of hydrogen-bond acceptors (Lipinski definition) is 6. The summed E-state index contributed by atoms with van der Waals surface area (Å²) < 4.78 is 7.79. The quantitative estimate of drug-likeness (QED) is 0.0281. The zero-order chi connectivity index (χ0) is 101. The molecule has 20 rings (SSSR count). The molecule has 0 aliphatic heterocycles. The average molecular weight is 2130 g/mol. The molecule has 2 nitrogen and oxygen atoms in total. The second-order valence-electron chi connectivity index (χ2n) is 42.8. The average Bonchev–Trinajstić information content (AvgIpc) is 1.49. The maximum atomic E-state index is 12.9. The van der Waals surface area contributed by atoms with Gasteiger partial charge >= 0.3 is 0 Å². The van der Waals surface area contributed by atoms with Crippen LogP contribution in [0, 0.1) is 0 Å². The first-order valence-electron chi connectivity index (χ1n) is 56.6. The predicted molar refractivity (Wildman–Crippen MR) is 638 cm³/mol. The standard InChI is InChI=1S/C70H76O2S2.C68H74Br2S2/c1-5-9-13-17-21-49-25-35-55(36-26-49)69(56-37-27-50(28-38-56)22-18-14-10-6-2)61-45-53(47-71)33-43-59(61)65-63(69)67-68(73-65)64-66(74-67)60-44-34-54(48-72)46-62(60)70(64,57-39-29-51(30-40-57)23-19-15-11-7-3)58-41-31-52(32-42-58)24-20-16-12-8-4;1-5-9-13-17-21-47-25-33-51(34-26-47)67(52-35-27-48(28-36-52)22-18-14-10-6-2)59-45-55(69)41-43-57(59)63-61(67)65-66(71-63)62-64(72-65)58-44-42-56(70)46-60(58)68(62,53-37-29-49(30-38-53)23-19-15-11-7-3)54-39-31-50(32-40-54)24-20-16-12-8-4/h25-48H,5-24H2,1-4H3;25-46H,5-24H2,1-4H3. The minimum Gasteiger partial charge on any atom is -0.298 e. The summed E-state index contributed by atoms with van der Waals surface area (Å²) in [6.07, 6.45) is 51.1. The van der Waals surface area contributed by atoms with Crippen LogP contribution in [0.4, 0.5) is 0 Å². The summed E-state index contributed by atoms with van der Waals surface area (Å²) >= 11 is 16.1. The lowest BCUT2D eigenvalue weighted by molar-refractivity contribution is 0.111. The van der Waals surface area contributed by atoms with Gasteiger partial charge < -0.3 is 0 Å². The molecule has 4 aliphatic rings. The molecular weight excluding hydrogens is 1980 g/mol. The maximum absolute atomic E-state index is 12.9. The second-order valence-corrected chi connectivity index (χ2v) is 48.7. The van der Waals surface area contributed by atoms with Crippen molar-refractivity contribution in [3.8, 4) is 41.8 Å². The molecule has 146 heavy (non-hydrogen) atoms. The van der Waals surface area contributed by atoms with Crippen molar-refractivity contribution in [2.75, 3.05) is 0 Å². The van der Waals surface area contributed by atoms with E-state index in [4.69, 9.17) is 0 Å². The van der Waals surface area contributed by atoms with E-state index >= 15 is 0 Å². The van der Waals surface area contributed by atoms with Gasteiger partial charge in [-0.25, -0.2) is 0 Å². The van der Waals surface area contributed by atoms with Crippen molar-refractivity contribution in [3.63, 3.8) is 0 Å². The molecule has 0 radical (unpaired) electrons. The summed E-state index contributed by atoms with van der Waals surface area (Å²) in [6, 6.07) is 105. The van der Waals surface area contributed by atoms with Gasteiger partial charge in [-0.2, -0.15) is 0 Å². The Kier molecular flexibility index (Phi) is 34.8. The number of aryl methyl sites for hydroxylation is 8. The Morgan fingerprint density at radius 3 is 0.527 bits per heavy atom. The van der Waals surface area contributed by atoms with E-state index < -0.39 is 21.7 Å². The topological polar surface area (TPSA) is 34.1 Å². The minimum atomic E-state index is -0.673. The van der Waals surface area contributed by atoms with Crippen LogP contribution in [0.3, 0.4) is 0 Å². The first kappa shape index (κ1) is 105. The molecule has 0 saturated carbocycles. The number of carbonyl (C=O) groups is 2. The van der Waals surface area contributed by atoms with Crippen molar-refractivity contribution in [2.24, 2.45) is 0 Å². The highest BCUT2D eigenvalue weighted by Gasteiger charge is 2.57. The minimum absolute atomic E-state index is 0.503. The fourth-order valence-electron chi connectivity index (χ4n) is 25.3. The summed E-state index contributed by atoms with van der Waals surface area (Å²) in [7, 11) is 0. The maximum Gasteiger partial charge on any atom is 0.150 e. The van der Waals surface area contributed by atoms with E-state index in [1.165, 1.54) is 400 Å². The number of aldehydes is 2. The normalized spacial score (nSPS) is 13.8. The van der Waals surface area contributed by atoms with Crippen molar-refractivity contribution in [1.82, 2.24) is 0 Å². The molecule has 0 bridgehead atoms. The summed E-state index contributed by atoms with van der Waals surface area (Å²) in [6.45, 7) is 18.4. The van der Waals surface area contributed by atoms with Gasteiger partial charge in [0.1, 0.15) is 12.6 Å². The van der Waals surface area contributed by atoms with E-state index in [1.807, 2.05) is 34.8 Å². The molecule has 752 valence electrons. The van der Waals surface area contributed by atoms with Crippen LogP contribution >= 0.6 is 77.2 Å². The van der Waals surface area contributed by atoms with Crippen molar-refractivity contribution in [3.05, 3.63) is 421 Å². The Hall–Kier alpha value is -9.74. The first-order valence-corrected chi connectivity index (χ1v) is 61.4. The molecule has 0 atom stereocenters. The zero-order valence-corrected chi connectivity index (χ0v) is 94.5. The largest absolute Gasteiger partial charge is 0.298 e. The van der Waals surface area contributed by atoms with Gasteiger partial charge in [0.15, 0.2) is 0 Å². The molecule has 4 aromatic heterocycles. The Morgan fingerprint density at radius 1 is 0.199 bits per heavy atom. The third-order valence-corrected chi connectivity index (χ3v) is 39.3. The number of hydrogen-bond donors (Lipinski definition) is 0. The summed E-state index contributed by atoms with van der Waals surface area (Å²) in [5, 5.41) is 0. The van der Waals surface area contributed by atoms with E-state index in [-0.39, 0.29) is 0 Å². The van der Waals surface area contributed by atoms with Gasteiger partial charge in [-0.3, -0.25) is 9.59 Å². The van der Waals surface area contributed by atoms with Crippen LogP contribution in [0.25, 0.3) is 60.6 Å². The number of rotatable bonds is 50. The molecule has 0 unspecified atom stereocenters. The smallest absolute Gasteiger partial charge is 0.150 e. The number of carbonyl (C=O) groups excluding carboxylic acids is 2. The fraction of sp³-hybridized carbons (Fsp3) is 0.377. The summed E-state index contributed by atoms with van der Waals surface area (Å²) in [5.41, 5.74) is 36.7. The molecule has 12 aromatic carbocycles. The van der Waals surface area contributed by atoms with Crippen LogP contribution in [0.1, 0.15) is 415 Å². The van der Waals surface area contributed by atoms with Crippen molar-refractivity contribution < 1.29 is 9.59 Å². The lowest BCUT2D eigenvalue weighted by Crippen LogP contribution is -2.29. The van der Waals surface area contributed by atoms with Gasteiger partial charge in [0.2, 0.25) is 0 Å². The Balaban J connectivity index is 0.000000184. The van der Waals surface area contributed by atoms with E-state index in [0.717, 1.165) is 72.9 Å². The molecule has 16 aromatic rings. The highest BCUT2D eigenvalue weighted by Crippen LogP contribution is 2.72. The lowest BCUT2D eigenvalue weighted by Gasteiger charge is -2.35. The third kappa shape index (κ3) is 20.4. The molecule has 0 saturated heterocycles. The van der Waals surface area contributed by atoms with Crippen LogP contribution in [0.15, 0.2) is 276 Å². The van der Waals surface area contributed by atoms with Crippen LogP contribution in [-0.2, 0) is 73.0 Å². The number of halogens is 2. The Bertz CT molecular complexity index is 6470. The fourth-order valence-corrected chi connectivity index (χ4v) is 32.4. The first-order chi connectivity index (χ1) is 71.8. The highest BCUT2D eigenvalue weighted by molar-refractivity contribution is 9.10. The monoisotopic (exact) mass is 2120 g/mol. The lowest BCUT2D eigenvalue weighted by atomic mass is 9.66. The zero-order valence-electron chi connectivity index (χ0n) is 88.0. The van der Waals surface area contributed by atoms with E-state index in [2.05, 4.69) is 365 Å². The highest BCUT2D eigenvalue weighted by atomic mass is 79.9. The van der Waals surface area contributed by atoms with Gasteiger partial charge in [-0.1, -0.05) is 472 Å². The van der Waals surface area contributed by atoms with Crippen LogP contribution in [0.2, 0.25) is 0 Å². The number of fused-ring (bicyclic) bond motifs is 18. The molecule has 0 N–H and O–H groups in total. The van der Waals surface area contributed by atoms with Gasteiger partial charge in [0.25, 0.3) is 0 Å². The Labute approximate surface area is 906 Å². The number of unbranched alkanes of at least 4 members (excludes halogenated alkanes) is 24. The van der Waals surface area contributed by atoms with E-state index in [9.17, 15) is 9.59 Å². The Morgan fingerprint density at radius 2 is 0.363 bits per heavy atom. The van der Waals surface area contributed by atoms with Crippen molar-refractivity contribution in [2.45, 2.75) is 334 Å². The van der Waals surface area contributed by atoms with Crippen molar-refractivity contribution in [1.29, 1.82) is 0 Å². The second kappa shape index (κ2) is 48.5. The molecule has 8 heteroatoms. The number of benzene rings is 12. The van der Waals surface area contributed by atoms with Gasteiger partial charge in [0, 0.05) is 61.8 Å². The van der Waals surface area contributed by atoms with E-state index in [1.54, 1.807) is 0 Å². The SMILES string of the molecule is CCCCCCc1ccc(C2(c3ccc(CCCCCC)cc3)c3cc(Br)ccc3-c3sc4c5c(sc4c32)-c2ccc(Br)cc2C5(c2ccc(CCCCCC)cc2)c2ccc(CCCCCC)cc2)cc1.CCCCCCc1ccc(C2(c3ccc(CCCCCC)cc3)c3cc(C=O)ccc3-c3sc4c5c(sc4c32)-c2ccc(C=O)cc2C5(c2ccc(CCCCCC)cc2)c2ccc(CCCCCC)cc2)cc1. The molecule has 4 heterocycles. The van der Waals surface area contributed by atoms with E-state index in [0.29, 0.717) is 11.1 Å². The van der Waals surface area contributed by atoms with Gasteiger partial charge in [0.05, 0.1) is 40.5 Å². The summed E-state index contributed by atoms with van der Waals surface area (Å²) in [5.74, 6) is 0. The van der Waals surface area contributed by atoms with Crippen LogP contribution < -0.4 is 0 Å². The van der Waals surface area contributed by atoms with Gasteiger partial charge in [-0.05, 0) is 273 Å². The number of thiophene rings is 4. The van der Waals surface area contributed by atoms with Crippen LogP contribution in [0.5, 0.6) is 0 Å². The molecule has 0 spiro atoms.